The second-order valence-corrected chi connectivity index (χ2v) is 3.80. The van der Waals surface area contributed by atoms with Gasteiger partial charge in [-0.1, -0.05) is 6.92 Å². The summed E-state index contributed by atoms with van der Waals surface area (Å²) in [5.41, 5.74) is 0.786. The Labute approximate surface area is 99.7 Å². The molecule has 17 heavy (non-hydrogen) atoms. The quantitative estimate of drug-likeness (QED) is 0.645. The van der Waals surface area contributed by atoms with Crippen molar-refractivity contribution in [2.24, 2.45) is 0 Å². The lowest BCUT2D eigenvalue weighted by Crippen LogP contribution is -2.44. The molecule has 1 aromatic rings. The first-order valence-electron chi connectivity index (χ1n) is 5.48. The average Bonchev–Trinajstić information content (AvgIpc) is 2.29. The van der Waals surface area contributed by atoms with E-state index in [2.05, 4.69) is 15.3 Å². The van der Waals surface area contributed by atoms with E-state index < -0.39 is 18.1 Å². The molecular weight excluding hydrogens is 222 g/mol. The second-order valence-electron chi connectivity index (χ2n) is 3.80. The van der Waals surface area contributed by atoms with Crippen molar-refractivity contribution in [3.63, 3.8) is 0 Å². The van der Waals surface area contributed by atoms with E-state index >= 15 is 0 Å². The number of aliphatic hydroxyl groups is 1. The zero-order chi connectivity index (χ0) is 12.8. The van der Waals surface area contributed by atoms with E-state index in [-0.39, 0.29) is 0 Å². The highest BCUT2D eigenvalue weighted by Gasteiger charge is 2.21. The van der Waals surface area contributed by atoms with Gasteiger partial charge in [0.1, 0.15) is 11.9 Å². The molecule has 0 bridgehead atoms. The number of hydrogen-bond acceptors (Lipinski definition) is 5. The van der Waals surface area contributed by atoms with Crippen molar-refractivity contribution in [1.82, 2.24) is 15.3 Å². The van der Waals surface area contributed by atoms with Crippen LogP contribution in [-0.2, 0) is 17.8 Å². The third-order valence-corrected chi connectivity index (χ3v) is 2.35. The summed E-state index contributed by atoms with van der Waals surface area (Å²) in [6.45, 7) is 3.70. The Kier molecular flexibility index (Phi) is 4.99. The van der Waals surface area contributed by atoms with E-state index in [9.17, 15) is 9.90 Å². The summed E-state index contributed by atoms with van der Waals surface area (Å²) in [6.07, 6.45) is 3.11. The Morgan fingerprint density at radius 3 is 2.47 bits per heavy atom. The van der Waals surface area contributed by atoms with Gasteiger partial charge in [-0.05, 0) is 6.92 Å². The minimum atomic E-state index is -1.08. The van der Waals surface area contributed by atoms with Gasteiger partial charge in [-0.25, -0.2) is 9.97 Å². The number of aliphatic hydroxyl groups excluding tert-OH is 1. The standard InChI is InChI=1S/C11H17N3O3/c1-3-9-12-4-8(5-13-9)6-14-10(7(2)15)11(16)17/h4-5,7,10,14-15H,3,6H2,1-2H3,(H,16,17)/t7-,10+/m0/s1. The molecule has 0 aliphatic rings. The number of rotatable bonds is 6. The highest BCUT2D eigenvalue weighted by molar-refractivity contribution is 5.74. The molecule has 0 amide bonds. The maximum atomic E-state index is 10.8. The van der Waals surface area contributed by atoms with E-state index in [0.717, 1.165) is 17.8 Å². The van der Waals surface area contributed by atoms with Gasteiger partial charge in [0.15, 0.2) is 0 Å². The molecule has 0 unspecified atom stereocenters. The van der Waals surface area contributed by atoms with Crippen LogP contribution in [0.15, 0.2) is 12.4 Å². The smallest absolute Gasteiger partial charge is 0.323 e. The van der Waals surface area contributed by atoms with Crippen LogP contribution in [0.4, 0.5) is 0 Å². The van der Waals surface area contributed by atoms with Gasteiger partial charge in [0, 0.05) is 30.9 Å². The number of aliphatic carboxylic acids is 1. The Hall–Kier alpha value is -1.53. The molecule has 94 valence electrons. The molecule has 0 fully saturated rings. The van der Waals surface area contributed by atoms with Crippen LogP contribution in [0.5, 0.6) is 0 Å². The van der Waals surface area contributed by atoms with Gasteiger partial charge in [0.2, 0.25) is 0 Å². The van der Waals surface area contributed by atoms with Gasteiger partial charge in [0.25, 0.3) is 0 Å². The van der Waals surface area contributed by atoms with Crippen LogP contribution in [0.3, 0.4) is 0 Å². The van der Waals surface area contributed by atoms with Crippen molar-refractivity contribution in [3.8, 4) is 0 Å². The number of carboxylic acid groups (broad SMARTS) is 1. The number of carboxylic acids is 1. The third kappa shape index (κ3) is 4.08. The van der Waals surface area contributed by atoms with Gasteiger partial charge >= 0.3 is 5.97 Å². The number of nitrogens with zero attached hydrogens (tertiary/aromatic N) is 2. The van der Waals surface area contributed by atoms with Crippen LogP contribution in [0.1, 0.15) is 25.2 Å². The number of nitrogens with one attached hydrogen (secondary N) is 1. The highest BCUT2D eigenvalue weighted by atomic mass is 16.4. The monoisotopic (exact) mass is 239 g/mol. The summed E-state index contributed by atoms with van der Waals surface area (Å²) < 4.78 is 0. The van der Waals surface area contributed by atoms with E-state index in [0.29, 0.717) is 6.54 Å². The van der Waals surface area contributed by atoms with Crippen LogP contribution in [0.25, 0.3) is 0 Å². The van der Waals surface area contributed by atoms with Crippen LogP contribution < -0.4 is 5.32 Å². The molecule has 6 nitrogen and oxygen atoms in total. The van der Waals surface area contributed by atoms with Crippen molar-refractivity contribution < 1.29 is 15.0 Å². The molecule has 0 spiro atoms. The number of aromatic nitrogens is 2. The minimum absolute atomic E-state index is 0.311. The van der Waals surface area contributed by atoms with Crippen molar-refractivity contribution >= 4 is 5.97 Å². The number of carbonyl (C=O) groups is 1. The van der Waals surface area contributed by atoms with E-state index in [1.165, 1.54) is 6.92 Å². The van der Waals surface area contributed by atoms with Crippen LogP contribution in [-0.4, -0.2) is 38.3 Å². The first kappa shape index (κ1) is 13.5. The van der Waals surface area contributed by atoms with Gasteiger partial charge in [-0.3, -0.25) is 10.1 Å². The van der Waals surface area contributed by atoms with Gasteiger partial charge < -0.3 is 10.2 Å². The molecule has 0 aliphatic heterocycles. The lowest BCUT2D eigenvalue weighted by Gasteiger charge is -2.16. The molecule has 0 saturated heterocycles. The van der Waals surface area contributed by atoms with E-state index in [1.807, 2.05) is 6.92 Å². The lowest BCUT2D eigenvalue weighted by atomic mass is 10.2. The first-order valence-corrected chi connectivity index (χ1v) is 5.48. The SMILES string of the molecule is CCc1ncc(CN[C@@H](C(=O)O)[C@H](C)O)cn1. The van der Waals surface area contributed by atoms with E-state index in [4.69, 9.17) is 5.11 Å². The van der Waals surface area contributed by atoms with Crippen molar-refractivity contribution in [2.75, 3.05) is 0 Å². The van der Waals surface area contributed by atoms with Crippen LogP contribution in [0.2, 0.25) is 0 Å². The number of hydrogen-bond donors (Lipinski definition) is 3. The molecule has 1 aromatic heterocycles. The fraction of sp³-hybridized carbons (Fsp3) is 0.545. The first-order chi connectivity index (χ1) is 8.04. The molecule has 1 rings (SSSR count). The maximum Gasteiger partial charge on any atom is 0.323 e. The third-order valence-electron chi connectivity index (χ3n) is 2.35. The molecule has 0 aliphatic carbocycles. The summed E-state index contributed by atoms with van der Waals surface area (Å²) in [4.78, 5) is 19.0. The minimum Gasteiger partial charge on any atom is -0.480 e. The van der Waals surface area contributed by atoms with Gasteiger partial charge in [-0.2, -0.15) is 0 Å². The van der Waals surface area contributed by atoms with Gasteiger partial charge in [0.05, 0.1) is 6.10 Å². The normalized spacial score (nSPS) is 14.3. The molecule has 1 heterocycles. The predicted octanol–water partition coefficient (Wildman–Crippen LogP) is -0.0374. The second kappa shape index (κ2) is 6.27. The molecule has 0 radical (unpaired) electrons. The number of aryl methyl sites for hydroxylation is 1. The fourth-order valence-electron chi connectivity index (χ4n) is 1.35. The lowest BCUT2D eigenvalue weighted by molar-refractivity contribution is -0.142. The molecule has 2 atom stereocenters. The van der Waals surface area contributed by atoms with Crippen molar-refractivity contribution in [1.29, 1.82) is 0 Å². The Morgan fingerprint density at radius 1 is 1.47 bits per heavy atom. The predicted molar refractivity (Wildman–Crippen MR) is 61.4 cm³/mol. The molecule has 0 saturated carbocycles. The van der Waals surface area contributed by atoms with E-state index in [1.54, 1.807) is 12.4 Å². The van der Waals surface area contributed by atoms with Crippen molar-refractivity contribution in [3.05, 3.63) is 23.8 Å². The molecule has 6 heteroatoms. The summed E-state index contributed by atoms with van der Waals surface area (Å²) in [6, 6.07) is -0.985. The molecule has 3 N–H and O–H groups in total. The zero-order valence-electron chi connectivity index (χ0n) is 9.92. The summed E-state index contributed by atoms with van der Waals surface area (Å²) in [5, 5.41) is 20.9. The Bertz CT molecular complexity index is 365. The summed E-state index contributed by atoms with van der Waals surface area (Å²) >= 11 is 0. The Morgan fingerprint density at radius 2 is 2.06 bits per heavy atom. The molecule has 0 aromatic carbocycles. The van der Waals surface area contributed by atoms with Crippen LogP contribution in [0, 0.1) is 0 Å². The summed E-state index contributed by atoms with van der Waals surface area (Å²) in [7, 11) is 0. The maximum absolute atomic E-state index is 10.8. The Balaban J connectivity index is 2.56. The topological polar surface area (TPSA) is 95.3 Å². The zero-order valence-corrected chi connectivity index (χ0v) is 9.92. The molecular formula is C11H17N3O3. The average molecular weight is 239 g/mol. The fourth-order valence-corrected chi connectivity index (χ4v) is 1.35. The largest absolute Gasteiger partial charge is 0.480 e. The van der Waals surface area contributed by atoms with Crippen molar-refractivity contribution in [2.45, 2.75) is 39.0 Å². The van der Waals surface area contributed by atoms with Gasteiger partial charge in [-0.15, -0.1) is 0 Å². The highest BCUT2D eigenvalue weighted by Crippen LogP contribution is 1.99. The summed E-state index contributed by atoms with van der Waals surface area (Å²) in [5.74, 6) is -0.329. The van der Waals surface area contributed by atoms with Crippen LogP contribution >= 0.6 is 0 Å².